The topological polar surface area (TPSA) is 112 Å². The van der Waals surface area contributed by atoms with Crippen LogP contribution in [0.3, 0.4) is 0 Å². The van der Waals surface area contributed by atoms with Gasteiger partial charge in [-0.15, -0.1) is 0 Å². The molecule has 1 aromatic heterocycles. The first-order chi connectivity index (χ1) is 19.0. The minimum atomic E-state index is -0.885. The largest absolute Gasteiger partial charge is 0.493 e. The number of carbonyl (C=O) groups excluding carboxylic acids is 1. The third-order valence-electron chi connectivity index (χ3n) is 5.71. The highest BCUT2D eigenvalue weighted by atomic mass is 16.7. The van der Waals surface area contributed by atoms with Gasteiger partial charge in [0.05, 0.1) is 19.6 Å². The molecule has 0 atom stereocenters. The molecule has 0 unspecified atom stereocenters. The second-order valence-corrected chi connectivity index (χ2v) is 8.17. The molecule has 0 amide bonds. The number of rotatable bonds is 12. The van der Waals surface area contributed by atoms with Crippen molar-refractivity contribution in [2.24, 2.45) is 0 Å². The minimum absolute atomic E-state index is 0.0710. The molecule has 4 aromatic rings. The Kier molecular flexibility index (Phi) is 9.03. The fraction of sp³-hybridized carbons (Fsp3) is 0.241. The molecule has 10 heteroatoms. The predicted octanol–water partition coefficient (Wildman–Crippen LogP) is 4.80. The summed E-state index contributed by atoms with van der Waals surface area (Å²) in [5.74, 6) is 0.180. The van der Waals surface area contributed by atoms with Crippen molar-refractivity contribution in [2.75, 3.05) is 42.0 Å². The van der Waals surface area contributed by atoms with E-state index in [2.05, 4.69) is 0 Å². The Morgan fingerprint density at radius 1 is 0.795 bits per heavy atom. The standard InChI is InChI=1S/C29H28O10/c1-32-16-37-24-13-19(12-23(34-3)26(24)35-4)25-21-11-10-20(36-15-18-8-6-5-7-9-18)14-22(21)28(30)39-27(25)29(31)38-17-33-2/h5-14H,15-17H2,1-4H3. The monoisotopic (exact) mass is 536 g/mol. The van der Waals surface area contributed by atoms with Crippen molar-refractivity contribution in [3.05, 3.63) is 82.4 Å². The summed E-state index contributed by atoms with van der Waals surface area (Å²) < 4.78 is 43.1. The quantitative estimate of drug-likeness (QED) is 0.185. The summed E-state index contributed by atoms with van der Waals surface area (Å²) in [6, 6.07) is 17.8. The van der Waals surface area contributed by atoms with E-state index in [1.165, 1.54) is 28.4 Å². The fourth-order valence-electron chi connectivity index (χ4n) is 3.97. The van der Waals surface area contributed by atoms with Crippen molar-refractivity contribution in [3.8, 4) is 34.1 Å². The summed E-state index contributed by atoms with van der Waals surface area (Å²) in [7, 11) is 5.79. The summed E-state index contributed by atoms with van der Waals surface area (Å²) in [4.78, 5) is 26.1. The molecule has 0 saturated heterocycles. The van der Waals surface area contributed by atoms with Crippen LogP contribution in [0.1, 0.15) is 16.1 Å². The van der Waals surface area contributed by atoms with E-state index < -0.39 is 11.6 Å². The van der Waals surface area contributed by atoms with Gasteiger partial charge in [-0.2, -0.15) is 0 Å². The van der Waals surface area contributed by atoms with E-state index in [1.807, 2.05) is 30.3 Å². The van der Waals surface area contributed by atoms with Gasteiger partial charge >= 0.3 is 11.6 Å². The Labute approximate surface area is 224 Å². The van der Waals surface area contributed by atoms with Gasteiger partial charge in [-0.1, -0.05) is 30.3 Å². The maximum Gasteiger partial charge on any atom is 0.377 e. The Balaban J connectivity index is 1.89. The van der Waals surface area contributed by atoms with Crippen LogP contribution in [0.15, 0.2) is 69.9 Å². The lowest BCUT2D eigenvalue weighted by Crippen LogP contribution is -2.14. The van der Waals surface area contributed by atoms with E-state index in [0.29, 0.717) is 34.8 Å². The third kappa shape index (κ3) is 6.14. The smallest absolute Gasteiger partial charge is 0.377 e. The van der Waals surface area contributed by atoms with Crippen molar-refractivity contribution >= 4 is 16.7 Å². The van der Waals surface area contributed by atoms with E-state index in [1.54, 1.807) is 30.3 Å². The van der Waals surface area contributed by atoms with Crippen LogP contribution in [-0.2, 0) is 20.8 Å². The molecule has 204 valence electrons. The average Bonchev–Trinajstić information content (AvgIpc) is 2.97. The zero-order valence-electron chi connectivity index (χ0n) is 22.0. The second kappa shape index (κ2) is 12.8. The average molecular weight is 537 g/mol. The summed E-state index contributed by atoms with van der Waals surface area (Å²) in [5, 5.41) is 0.626. The molecular weight excluding hydrogens is 508 g/mol. The van der Waals surface area contributed by atoms with Crippen molar-refractivity contribution in [1.29, 1.82) is 0 Å². The fourth-order valence-corrected chi connectivity index (χ4v) is 3.97. The normalized spacial score (nSPS) is 10.8. The molecule has 3 aromatic carbocycles. The van der Waals surface area contributed by atoms with Gasteiger partial charge in [-0.25, -0.2) is 9.59 Å². The maximum atomic E-state index is 13.1. The minimum Gasteiger partial charge on any atom is -0.493 e. The van der Waals surface area contributed by atoms with Gasteiger partial charge in [-0.05, 0) is 41.5 Å². The Morgan fingerprint density at radius 3 is 2.23 bits per heavy atom. The molecule has 0 bridgehead atoms. The first-order valence-corrected chi connectivity index (χ1v) is 11.8. The first-order valence-electron chi connectivity index (χ1n) is 11.8. The van der Waals surface area contributed by atoms with Crippen LogP contribution in [-0.4, -0.2) is 48.0 Å². The molecule has 0 spiro atoms. The number of carbonyl (C=O) groups is 1. The summed E-state index contributed by atoms with van der Waals surface area (Å²) in [5.41, 5.74) is 0.952. The van der Waals surface area contributed by atoms with Crippen LogP contribution in [0.4, 0.5) is 0 Å². The number of fused-ring (bicyclic) bond motifs is 1. The van der Waals surface area contributed by atoms with Crippen LogP contribution in [0.5, 0.6) is 23.0 Å². The SMILES string of the molecule is COCOC(=O)c1oc(=O)c2cc(OCc3ccccc3)ccc2c1-c1cc(OC)c(OC)c(OCOC)c1. The van der Waals surface area contributed by atoms with E-state index in [9.17, 15) is 9.59 Å². The van der Waals surface area contributed by atoms with Crippen LogP contribution in [0.25, 0.3) is 21.9 Å². The van der Waals surface area contributed by atoms with E-state index >= 15 is 0 Å². The van der Waals surface area contributed by atoms with E-state index in [4.69, 9.17) is 37.6 Å². The van der Waals surface area contributed by atoms with Crippen molar-refractivity contribution in [3.63, 3.8) is 0 Å². The maximum absolute atomic E-state index is 13.1. The summed E-state index contributed by atoms with van der Waals surface area (Å²) >= 11 is 0. The molecule has 1 heterocycles. The number of hydrogen-bond acceptors (Lipinski definition) is 10. The molecule has 39 heavy (non-hydrogen) atoms. The molecule has 0 radical (unpaired) electrons. The van der Waals surface area contributed by atoms with Crippen LogP contribution >= 0.6 is 0 Å². The van der Waals surface area contributed by atoms with E-state index in [0.717, 1.165) is 5.56 Å². The van der Waals surface area contributed by atoms with Gasteiger partial charge in [0.1, 0.15) is 12.4 Å². The number of esters is 1. The second-order valence-electron chi connectivity index (χ2n) is 8.17. The van der Waals surface area contributed by atoms with Gasteiger partial charge in [0.15, 0.2) is 25.1 Å². The van der Waals surface area contributed by atoms with Crippen molar-refractivity contribution in [1.82, 2.24) is 0 Å². The summed E-state index contributed by atoms with van der Waals surface area (Å²) in [6.07, 6.45) is 0. The molecule has 0 aliphatic rings. The lowest BCUT2D eigenvalue weighted by molar-refractivity contribution is -0.0151. The Bertz CT molecular complexity index is 1490. The number of benzene rings is 3. The van der Waals surface area contributed by atoms with Crippen molar-refractivity contribution < 1.29 is 42.4 Å². The van der Waals surface area contributed by atoms with Crippen molar-refractivity contribution in [2.45, 2.75) is 6.61 Å². The van der Waals surface area contributed by atoms with Gasteiger partial charge < -0.3 is 37.6 Å². The molecule has 0 N–H and O–H groups in total. The zero-order chi connectivity index (χ0) is 27.8. The van der Waals surface area contributed by atoms with Gasteiger partial charge in [0, 0.05) is 25.2 Å². The molecule has 10 nitrogen and oxygen atoms in total. The van der Waals surface area contributed by atoms with Gasteiger partial charge in [0.25, 0.3) is 0 Å². The highest BCUT2D eigenvalue weighted by Crippen LogP contribution is 2.44. The van der Waals surface area contributed by atoms with Crippen LogP contribution < -0.4 is 24.6 Å². The first kappa shape index (κ1) is 27.5. The third-order valence-corrected chi connectivity index (χ3v) is 5.71. The molecule has 4 rings (SSSR count). The summed E-state index contributed by atoms with van der Waals surface area (Å²) in [6.45, 7) is -0.0965. The van der Waals surface area contributed by atoms with Crippen LogP contribution in [0.2, 0.25) is 0 Å². The van der Waals surface area contributed by atoms with E-state index in [-0.39, 0.29) is 36.0 Å². The lowest BCUT2D eigenvalue weighted by Gasteiger charge is -2.17. The number of hydrogen-bond donors (Lipinski definition) is 0. The Morgan fingerprint density at radius 2 is 1.54 bits per heavy atom. The zero-order valence-corrected chi connectivity index (χ0v) is 22.0. The predicted molar refractivity (Wildman–Crippen MR) is 142 cm³/mol. The van der Waals surface area contributed by atoms with Gasteiger partial charge in [0.2, 0.25) is 11.5 Å². The molecule has 0 fully saturated rings. The Hall–Kier alpha value is -4.54. The lowest BCUT2D eigenvalue weighted by atomic mass is 9.97. The number of ether oxygens (including phenoxy) is 7. The highest BCUT2D eigenvalue weighted by Gasteiger charge is 2.26. The molecular formula is C29H28O10. The number of methoxy groups -OCH3 is 4. The van der Waals surface area contributed by atoms with Crippen LogP contribution in [0, 0.1) is 0 Å². The molecule has 0 saturated carbocycles. The molecule has 0 aliphatic carbocycles. The van der Waals surface area contributed by atoms with Gasteiger partial charge in [-0.3, -0.25) is 0 Å². The highest BCUT2D eigenvalue weighted by molar-refractivity contribution is 6.06. The molecule has 0 aliphatic heterocycles.